The maximum atomic E-state index is 5.31. The minimum Gasteiger partial charge on any atom is -0.208 e. The molecular formula is C112H76N12. The molecule has 584 valence electrons. The highest BCUT2D eigenvalue weighted by Crippen LogP contribution is 2.58. The summed E-state index contributed by atoms with van der Waals surface area (Å²) in [5.41, 5.74) is 23.0. The summed E-state index contributed by atoms with van der Waals surface area (Å²) in [4.78, 5) is 63.0. The minimum absolute atomic E-state index is 0.490. The lowest BCUT2D eigenvalue weighted by Crippen LogP contribution is -2.42. The second-order valence-electron chi connectivity index (χ2n) is 31.5. The topological polar surface area (TPSA) is 155 Å². The summed E-state index contributed by atoms with van der Waals surface area (Å²) in [5.74, 6) is 6.75. The standard InChI is InChI=1S/C112H76N12/c1-111(2)95-59-27-29-61-97(95)112(98-62-30-28-60-96(98)111,93-69-89(81-51-31-55-85(63-81)107-117-99(73-35-11-3-12-36-73)113-100(118-107)74-37-13-4-14-38-74)67-90(70-93)82-52-32-56-86(64-82)108-119-101(75-39-15-5-16-40-75)114-102(120-108)76-41-17-6-18-42-76)94-71-91(83-53-33-57-87(65-83)109-121-103(77-43-19-7-20-44-77)115-104(122-109)78-45-21-8-22-46-78)68-92(72-94)84-54-34-58-88(66-84)110-123-105(79-47-23-9-24-48-79)116-106(124-110)80-49-25-10-26-50-80/h3-72H,1-2H3. The van der Waals surface area contributed by atoms with Gasteiger partial charge < -0.3 is 0 Å². The van der Waals surface area contributed by atoms with E-state index in [9.17, 15) is 0 Å². The Morgan fingerprint density at radius 3 is 0.468 bits per heavy atom. The van der Waals surface area contributed by atoms with E-state index in [1.54, 1.807) is 0 Å². The molecule has 20 aromatic rings. The van der Waals surface area contributed by atoms with Crippen LogP contribution in [-0.4, -0.2) is 59.8 Å². The molecule has 12 heteroatoms. The van der Waals surface area contributed by atoms with Crippen molar-refractivity contribution in [3.63, 3.8) is 0 Å². The van der Waals surface area contributed by atoms with Crippen LogP contribution in [0.4, 0.5) is 0 Å². The van der Waals surface area contributed by atoms with Gasteiger partial charge in [0.25, 0.3) is 0 Å². The van der Waals surface area contributed by atoms with E-state index in [-0.39, 0.29) is 0 Å². The van der Waals surface area contributed by atoms with Gasteiger partial charge in [-0.2, -0.15) is 0 Å². The summed E-state index contributed by atoms with van der Waals surface area (Å²) in [7, 11) is 0. The molecule has 1 aliphatic carbocycles. The van der Waals surface area contributed by atoms with E-state index in [2.05, 4.69) is 196 Å². The van der Waals surface area contributed by atoms with Crippen molar-refractivity contribution in [2.24, 2.45) is 0 Å². The number of fused-ring (bicyclic) bond motifs is 2. The van der Waals surface area contributed by atoms with E-state index in [4.69, 9.17) is 59.8 Å². The first-order chi connectivity index (χ1) is 61.1. The molecule has 0 bridgehead atoms. The van der Waals surface area contributed by atoms with E-state index in [0.717, 1.165) is 134 Å². The van der Waals surface area contributed by atoms with Crippen LogP contribution in [-0.2, 0) is 10.8 Å². The van der Waals surface area contributed by atoms with Crippen molar-refractivity contribution in [3.8, 4) is 181 Å². The van der Waals surface area contributed by atoms with Gasteiger partial charge in [-0.25, -0.2) is 59.8 Å². The Kier molecular flexibility index (Phi) is 19.6. The van der Waals surface area contributed by atoms with Crippen molar-refractivity contribution in [1.82, 2.24) is 59.8 Å². The van der Waals surface area contributed by atoms with Gasteiger partial charge in [0.05, 0.1) is 5.41 Å². The Morgan fingerprint density at radius 2 is 0.274 bits per heavy atom. The average molecular weight is 1590 g/mol. The van der Waals surface area contributed by atoms with Crippen LogP contribution >= 0.6 is 0 Å². The number of rotatable bonds is 18. The number of aromatic nitrogens is 12. The van der Waals surface area contributed by atoms with E-state index >= 15 is 0 Å². The molecule has 0 fully saturated rings. The van der Waals surface area contributed by atoms with Crippen LogP contribution in [0.3, 0.4) is 0 Å². The average Bonchev–Trinajstić information content (AvgIpc) is 0.684. The van der Waals surface area contributed by atoms with Crippen LogP contribution in [0.1, 0.15) is 47.2 Å². The van der Waals surface area contributed by atoms with Crippen molar-refractivity contribution in [2.75, 3.05) is 0 Å². The van der Waals surface area contributed by atoms with Crippen LogP contribution < -0.4 is 0 Å². The van der Waals surface area contributed by atoms with Gasteiger partial charge in [0.15, 0.2) is 69.9 Å². The van der Waals surface area contributed by atoms with Crippen molar-refractivity contribution in [2.45, 2.75) is 24.7 Å². The lowest BCUT2D eigenvalue weighted by atomic mass is 9.54. The van der Waals surface area contributed by atoms with E-state index in [1.807, 2.05) is 243 Å². The third kappa shape index (κ3) is 14.6. The number of hydrogen-bond acceptors (Lipinski definition) is 12. The zero-order valence-corrected chi connectivity index (χ0v) is 67.8. The molecule has 21 rings (SSSR count). The second-order valence-corrected chi connectivity index (χ2v) is 31.5. The summed E-state index contributed by atoms with van der Waals surface area (Å²) in [6.45, 7) is 4.74. The fraction of sp³-hybridized carbons (Fsp3) is 0.0357. The first kappa shape index (κ1) is 75.1. The highest BCUT2D eigenvalue weighted by molar-refractivity contribution is 5.86. The molecule has 0 N–H and O–H groups in total. The zero-order chi connectivity index (χ0) is 82.9. The molecule has 0 saturated heterocycles. The molecule has 0 amide bonds. The molecule has 12 nitrogen and oxygen atoms in total. The summed E-state index contributed by atoms with van der Waals surface area (Å²) in [6.07, 6.45) is 0. The molecule has 4 aromatic heterocycles. The van der Waals surface area contributed by atoms with Gasteiger partial charge >= 0.3 is 0 Å². The van der Waals surface area contributed by atoms with Crippen LogP contribution in [0.25, 0.3) is 181 Å². The van der Waals surface area contributed by atoms with E-state index in [0.29, 0.717) is 69.9 Å². The molecule has 16 aromatic carbocycles. The third-order valence-corrected chi connectivity index (χ3v) is 23.4. The van der Waals surface area contributed by atoms with Gasteiger partial charge in [-0.15, -0.1) is 0 Å². The molecule has 0 unspecified atom stereocenters. The van der Waals surface area contributed by atoms with Crippen LogP contribution in [0.15, 0.2) is 425 Å². The summed E-state index contributed by atoms with van der Waals surface area (Å²) >= 11 is 0. The monoisotopic (exact) mass is 1590 g/mol. The number of nitrogens with zero attached hydrogens (tertiary/aromatic N) is 12. The maximum absolute atomic E-state index is 5.31. The zero-order valence-electron chi connectivity index (χ0n) is 67.8. The summed E-state index contributed by atoms with van der Waals surface area (Å²) in [6, 6.07) is 148. The molecule has 0 atom stereocenters. The second kappa shape index (κ2) is 32.4. The Hall–Kier alpha value is -16.4. The molecule has 0 aliphatic heterocycles. The summed E-state index contributed by atoms with van der Waals surface area (Å²) < 4.78 is 0. The lowest BCUT2D eigenvalue weighted by molar-refractivity contribution is 0.559. The van der Waals surface area contributed by atoms with E-state index < -0.39 is 10.8 Å². The maximum Gasteiger partial charge on any atom is 0.164 e. The van der Waals surface area contributed by atoms with Gasteiger partial charge in [0.1, 0.15) is 0 Å². The predicted molar refractivity (Wildman–Crippen MR) is 497 cm³/mol. The Labute approximate surface area is 719 Å². The molecular weight excluding hydrogens is 1510 g/mol. The first-order valence-electron chi connectivity index (χ1n) is 41.6. The van der Waals surface area contributed by atoms with Gasteiger partial charge in [0, 0.05) is 72.2 Å². The molecule has 4 heterocycles. The largest absolute Gasteiger partial charge is 0.208 e. The summed E-state index contributed by atoms with van der Waals surface area (Å²) in [5, 5.41) is 0. The van der Waals surface area contributed by atoms with Gasteiger partial charge in [-0.3, -0.25) is 0 Å². The smallest absolute Gasteiger partial charge is 0.164 e. The van der Waals surface area contributed by atoms with Gasteiger partial charge in [-0.05, 0) is 139 Å². The number of hydrogen-bond donors (Lipinski definition) is 0. The Bertz CT molecular complexity index is 6320. The van der Waals surface area contributed by atoms with Crippen molar-refractivity contribution >= 4 is 0 Å². The lowest BCUT2D eigenvalue weighted by Gasteiger charge is -2.48. The first-order valence-corrected chi connectivity index (χ1v) is 41.6. The highest BCUT2D eigenvalue weighted by Gasteiger charge is 2.49. The van der Waals surface area contributed by atoms with Crippen molar-refractivity contribution < 1.29 is 0 Å². The van der Waals surface area contributed by atoms with Crippen LogP contribution in [0.2, 0.25) is 0 Å². The van der Waals surface area contributed by atoms with Crippen LogP contribution in [0.5, 0.6) is 0 Å². The molecule has 1 aliphatic rings. The predicted octanol–water partition coefficient (Wildman–Crippen LogP) is 26.1. The van der Waals surface area contributed by atoms with Gasteiger partial charge in [0.2, 0.25) is 0 Å². The fourth-order valence-corrected chi connectivity index (χ4v) is 17.2. The quantitative estimate of drug-likeness (QED) is 0.0803. The molecule has 124 heavy (non-hydrogen) atoms. The molecule has 0 radical (unpaired) electrons. The van der Waals surface area contributed by atoms with Crippen LogP contribution in [0, 0.1) is 0 Å². The number of benzene rings is 16. The Morgan fingerprint density at radius 1 is 0.129 bits per heavy atom. The van der Waals surface area contributed by atoms with Crippen molar-refractivity contribution in [3.05, 3.63) is 458 Å². The highest BCUT2D eigenvalue weighted by atomic mass is 15.1. The van der Waals surface area contributed by atoms with Gasteiger partial charge in [-0.1, -0.05) is 378 Å². The van der Waals surface area contributed by atoms with Crippen molar-refractivity contribution in [1.29, 1.82) is 0 Å². The van der Waals surface area contributed by atoms with E-state index in [1.165, 1.54) is 11.1 Å². The fourth-order valence-electron chi connectivity index (χ4n) is 17.2. The molecule has 0 spiro atoms. The minimum atomic E-state index is -1.11. The molecule has 0 saturated carbocycles. The Balaban J connectivity index is 0.833. The SMILES string of the molecule is CC1(C)c2ccccc2C(c2cc(-c3cccc(-c4nc(-c5ccccc5)nc(-c5ccccc5)n4)c3)cc(-c3cccc(-c4nc(-c5ccccc5)nc(-c5ccccc5)n4)c3)c2)(c2cc(-c3cccc(-c4nc(-c5ccccc5)nc(-c5ccccc5)n4)c3)cc(-c3cccc(-c4nc(-c5ccccc5)nc(-c5ccccc5)n4)c3)c2)c2ccccc21. The third-order valence-electron chi connectivity index (χ3n) is 23.4. The normalized spacial score (nSPS) is 12.4.